The Morgan fingerprint density at radius 2 is 2.24 bits per heavy atom. The average Bonchev–Trinajstić information content (AvgIpc) is 2.56. The van der Waals surface area contributed by atoms with Gasteiger partial charge >= 0.3 is 0 Å². The van der Waals surface area contributed by atoms with Gasteiger partial charge in [-0.05, 0) is 26.0 Å². The van der Waals surface area contributed by atoms with Crippen molar-refractivity contribution < 1.29 is 4.74 Å². The van der Waals surface area contributed by atoms with Crippen LogP contribution in [-0.2, 0) is 11.3 Å². The highest BCUT2D eigenvalue weighted by Gasteiger charge is 2.10. The lowest BCUT2D eigenvalue weighted by molar-refractivity contribution is 0.0735. The maximum absolute atomic E-state index is 6.16. The van der Waals surface area contributed by atoms with Crippen molar-refractivity contribution in [3.63, 3.8) is 0 Å². The average molecular weight is 254 g/mol. The Kier molecular flexibility index (Phi) is 3.54. The molecule has 0 spiro atoms. The minimum atomic E-state index is 0.210. The third-order valence-electron chi connectivity index (χ3n) is 2.51. The number of anilines is 1. The van der Waals surface area contributed by atoms with E-state index in [1.54, 1.807) is 0 Å². The standard InChI is InChI=1S/C12H16ClN3O/c1-8(2)17-7-6-16-11-9(13)4-3-5-10(11)15-12(16)14/h3-5,8H,6-7H2,1-2H3,(H2,14,15). The third-order valence-corrected chi connectivity index (χ3v) is 2.82. The second kappa shape index (κ2) is 4.94. The summed E-state index contributed by atoms with van der Waals surface area (Å²) in [6.07, 6.45) is 0.210. The van der Waals surface area contributed by atoms with Crippen LogP contribution in [0.25, 0.3) is 11.0 Å². The summed E-state index contributed by atoms with van der Waals surface area (Å²) >= 11 is 6.16. The van der Waals surface area contributed by atoms with Crippen LogP contribution in [0.4, 0.5) is 5.95 Å². The number of rotatable bonds is 4. The summed E-state index contributed by atoms with van der Waals surface area (Å²) in [5, 5.41) is 0.663. The van der Waals surface area contributed by atoms with Gasteiger partial charge in [0.1, 0.15) is 0 Å². The smallest absolute Gasteiger partial charge is 0.201 e. The molecule has 2 rings (SSSR count). The number of nitrogens with zero attached hydrogens (tertiary/aromatic N) is 2. The lowest BCUT2D eigenvalue weighted by Crippen LogP contribution is -2.12. The summed E-state index contributed by atoms with van der Waals surface area (Å²) in [5.74, 6) is 0.473. The Morgan fingerprint density at radius 1 is 1.47 bits per heavy atom. The summed E-state index contributed by atoms with van der Waals surface area (Å²) < 4.78 is 7.40. The van der Waals surface area contributed by atoms with Crippen molar-refractivity contribution in [2.24, 2.45) is 0 Å². The van der Waals surface area contributed by atoms with Gasteiger partial charge in [0.2, 0.25) is 5.95 Å². The number of halogens is 1. The van der Waals surface area contributed by atoms with Crippen molar-refractivity contribution in [3.05, 3.63) is 23.2 Å². The predicted molar refractivity (Wildman–Crippen MR) is 70.2 cm³/mol. The van der Waals surface area contributed by atoms with Gasteiger partial charge in [0.05, 0.1) is 28.8 Å². The third kappa shape index (κ3) is 2.53. The van der Waals surface area contributed by atoms with Crippen LogP contribution in [0.1, 0.15) is 13.8 Å². The van der Waals surface area contributed by atoms with Crippen molar-refractivity contribution in [2.45, 2.75) is 26.5 Å². The first-order valence-corrected chi connectivity index (χ1v) is 5.99. The molecule has 0 radical (unpaired) electrons. The number of para-hydroxylation sites is 1. The zero-order chi connectivity index (χ0) is 12.4. The number of nitrogens with two attached hydrogens (primary N) is 1. The van der Waals surface area contributed by atoms with Gasteiger partial charge in [0.15, 0.2) is 0 Å². The van der Waals surface area contributed by atoms with Crippen LogP contribution < -0.4 is 5.73 Å². The van der Waals surface area contributed by atoms with E-state index in [0.29, 0.717) is 24.1 Å². The highest BCUT2D eigenvalue weighted by Crippen LogP contribution is 2.25. The maximum atomic E-state index is 6.16. The zero-order valence-electron chi connectivity index (χ0n) is 9.98. The van der Waals surface area contributed by atoms with E-state index in [4.69, 9.17) is 22.1 Å². The van der Waals surface area contributed by atoms with Crippen LogP contribution >= 0.6 is 11.6 Å². The van der Waals surface area contributed by atoms with Crippen LogP contribution in [0.5, 0.6) is 0 Å². The van der Waals surface area contributed by atoms with E-state index >= 15 is 0 Å². The fourth-order valence-electron chi connectivity index (χ4n) is 1.77. The molecule has 4 nitrogen and oxygen atoms in total. The fourth-order valence-corrected chi connectivity index (χ4v) is 2.04. The Labute approximate surface area is 105 Å². The molecule has 2 N–H and O–H groups in total. The van der Waals surface area contributed by atoms with Crippen LogP contribution in [0, 0.1) is 0 Å². The minimum absolute atomic E-state index is 0.210. The van der Waals surface area contributed by atoms with E-state index in [2.05, 4.69) is 4.98 Å². The summed E-state index contributed by atoms with van der Waals surface area (Å²) in [6, 6.07) is 5.61. The first kappa shape index (κ1) is 12.2. The molecular weight excluding hydrogens is 238 g/mol. The Bertz CT molecular complexity index is 522. The quantitative estimate of drug-likeness (QED) is 0.912. The Balaban J connectivity index is 2.29. The van der Waals surface area contributed by atoms with Gasteiger partial charge in [-0.3, -0.25) is 0 Å². The lowest BCUT2D eigenvalue weighted by Gasteiger charge is -2.10. The van der Waals surface area contributed by atoms with E-state index in [0.717, 1.165) is 11.0 Å². The van der Waals surface area contributed by atoms with E-state index in [1.165, 1.54) is 0 Å². The molecule has 1 aromatic heterocycles. The van der Waals surface area contributed by atoms with Crippen molar-refractivity contribution in [1.82, 2.24) is 9.55 Å². The van der Waals surface area contributed by atoms with Gasteiger partial charge in [-0.15, -0.1) is 0 Å². The normalized spacial score (nSPS) is 11.5. The van der Waals surface area contributed by atoms with Crippen molar-refractivity contribution in [1.29, 1.82) is 0 Å². The lowest BCUT2D eigenvalue weighted by atomic mass is 10.3. The molecule has 0 amide bonds. The van der Waals surface area contributed by atoms with Crippen LogP contribution in [0.3, 0.4) is 0 Å². The summed E-state index contributed by atoms with van der Waals surface area (Å²) in [4.78, 5) is 4.27. The summed E-state index contributed by atoms with van der Waals surface area (Å²) in [7, 11) is 0. The molecule has 0 aliphatic rings. The number of aromatic nitrogens is 2. The molecule has 0 saturated heterocycles. The molecular formula is C12H16ClN3O. The zero-order valence-corrected chi connectivity index (χ0v) is 10.7. The second-order valence-corrected chi connectivity index (χ2v) is 4.56. The highest BCUT2D eigenvalue weighted by molar-refractivity contribution is 6.35. The van der Waals surface area contributed by atoms with Gasteiger partial charge in [0, 0.05) is 6.54 Å². The van der Waals surface area contributed by atoms with Gasteiger partial charge in [0.25, 0.3) is 0 Å². The molecule has 0 aliphatic carbocycles. The molecule has 0 fully saturated rings. The van der Waals surface area contributed by atoms with Gasteiger partial charge in [-0.1, -0.05) is 17.7 Å². The molecule has 1 heterocycles. The molecule has 92 valence electrons. The number of hydrogen-bond acceptors (Lipinski definition) is 3. The van der Waals surface area contributed by atoms with E-state index in [9.17, 15) is 0 Å². The van der Waals surface area contributed by atoms with Crippen molar-refractivity contribution in [2.75, 3.05) is 12.3 Å². The van der Waals surface area contributed by atoms with E-state index in [1.807, 2.05) is 36.6 Å². The number of benzene rings is 1. The first-order valence-electron chi connectivity index (χ1n) is 5.61. The topological polar surface area (TPSA) is 53.1 Å². The summed E-state index contributed by atoms with van der Waals surface area (Å²) in [6.45, 7) is 5.26. The van der Waals surface area contributed by atoms with Gasteiger partial charge < -0.3 is 15.0 Å². The summed E-state index contributed by atoms with van der Waals surface area (Å²) in [5.41, 5.74) is 7.57. The molecule has 0 aliphatic heterocycles. The number of ether oxygens (including phenoxy) is 1. The molecule has 5 heteroatoms. The first-order chi connectivity index (χ1) is 8.09. The fraction of sp³-hybridized carbons (Fsp3) is 0.417. The number of imidazole rings is 1. The molecule has 0 unspecified atom stereocenters. The second-order valence-electron chi connectivity index (χ2n) is 4.15. The molecule has 2 aromatic rings. The van der Waals surface area contributed by atoms with Crippen molar-refractivity contribution >= 4 is 28.6 Å². The highest BCUT2D eigenvalue weighted by atomic mass is 35.5. The van der Waals surface area contributed by atoms with Gasteiger partial charge in [-0.2, -0.15) is 0 Å². The van der Waals surface area contributed by atoms with Crippen molar-refractivity contribution in [3.8, 4) is 0 Å². The number of hydrogen-bond donors (Lipinski definition) is 1. The minimum Gasteiger partial charge on any atom is -0.377 e. The maximum Gasteiger partial charge on any atom is 0.201 e. The molecule has 0 bridgehead atoms. The Morgan fingerprint density at radius 3 is 2.94 bits per heavy atom. The van der Waals surface area contributed by atoms with Crippen LogP contribution in [-0.4, -0.2) is 22.3 Å². The largest absolute Gasteiger partial charge is 0.377 e. The number of fused-ring (bicyclic) bond motifs is 1. The molecule has 0 saturated carbocycles. The SMILES string of the molecule is CC(C)OCCn1c(N)nc2cccc(Cl)c21. The number of nitrogen functional groups attached to an aromatic ring is 1. The predicted octanol–water partition coefficient (Wildman–Crippen LogP) is 2.70. The molecule has 17 heavy (non-hydrogen) atoms. The van der Waals surface area contributed by atoms with Gasteiger partial charge in [-0.25, -0.2) is 4.98 Å². The van der Waals surface area contributed by atoms with Crippen LogP contribution in [0.2, 0.25) is 5.02 Å². The molecule has 0 atom stereocenters. The van der Waals surface area contributed by atoms with Crippen LogP contribution in [0.15, 0.2) is 18.2 Å². The van der Waals surface area contributed by atoms with E-state index in [-0.39, 0.29) is 6.10 Å². The Hall–Kier alpha value is -1.26. The van der Waals surface area contributed by atoms with E-state index < -0.39 is 0 Å². The molecule has 1 aromatic carbocycles. The monoisotopic (exact) mass is 253 g/mol.